The van der Waals surface area contributed by atoms with Crippen molar-refractivity contribution in [2.24, 2.45) is 0 Å². The third kappa shape index (κ3) is 0.940. The molecule has 0 saturated heterocycles. The first-order valence-corrected chi connectivity index (χ1v) is 3.74. The van der Waals surface area contributed by atoms with Gasteiger partial charge >= 0.3 is 5.82 Å². The van der Waals surface area contributed by atoms with Gasteiger partial charge in [-0.3, -0.25) is 0 Å². The molecule has 58 valence electrons. The number of nitrogens with one attached hydrogen (secondary N) is 1. The maximum absolute atomic E-state index is 8.50. The van der Waals surface area contributed by atoms with E-state index in [0.29, 0.717) is 5.82 Å². The number of fused-ring (bicyclic) bond motifs is 1. The molecule has 12 heavy (non-hydrogen) atoms. The van der Waals surface area contributed by atoms with E-state index in [0.717, 1.165) is 10.9 Å². The Bertz CT molecular complexity index is 462. The lowest BCUT2D eigenvalue weighted by molar-refractivity contribution is 1.40. The first-order valence-electron chi connectivity index (χ1n) is 3.74. The minimum atomic E-state index is 0.496. The van der Waals surface area contributed by atoms with Gasteiger partial charge in [0, 0.05) is 10.4 Å². The van der Waals surface area contributed by atoms with Crippen LogP contribution in [0.2, 0.25) is 0 Å². The van der Waals surface area contributed by atoms with Gasteiger partial charge in [-0.15, -0.1) is 0 Å². The van der Waals surface area contributed by atoms with Gasteiger partial charge in [0.15, 0.2) is 0 Å². The number of nitrogens with zero attached hydrogens (tertiary/aromatic N) is 2. The molecule has 0 spiro atoms. The molecule has 1 aromatic heterocycles. The molecule has 0 atom stereocenters. The summed E-state index contributed by atoms with van der Waals surface area (Å²) in [6.07, 6.45) is 0. The summed E-state index contributed by atoms with van der Waals surface area (Å²) in [5.74, 6) is 0.496. The predicted molar refractivity (Wildman–Crippen MR) is 47.8 cm³/mol. The lowest BCUT2D eigenvalue weighted by atomic mass is 10.2. The first-order chi connectivity index (χ1) is 5.79. The Labute approximate surface area is 69.6 Å². The van der Waals surface area contributed by atoms with E-state index in [1.54, 1.807) is 0 Å². The molecular formula is C9H8N3+. The predicted octanol–water partition coefficient (Wildman–Crippen LogP) is 2.96. The summed E-state index contributed by atoms with van der Waals surface area (Å²) in [5, 5.41) is 9.57. The van der Waals surface area contributed by atoms with Crippen LogP contribution < -0.4 is 0 Å². The van der Waals surface area contributed by atoms with Crippen molar-refractivity contribution in [1.82, 2.24) is 4.98 Å². The van der Waals surface area contributed by atoms with Gasteiger partial charge in [-0.2, -0.15) is 0 Å². The van der Waals surface area contributed by atoms with Gasteiger partial charge in [0.25, 0.3) is 0 Å². The molecular weight excluding hydrogens is 150 g/mol. The van der Waals surface area contributed by atoms with E-state index in [2.05, 4.69) is 9.96 Å². The molecule has 0 aliphatic rings. The number of rotatable bonds is 0. The van der Waals surface area contributed by atoms with Crippen LogP contribution in [0.15, 0.2) is 24.3 Å². The van der Waals surface area contributed by atoms with Gasteiger partial charge in [-0.1, -0.05) is 11.6 Å². The second-order valence-electron chi connectivity index (χ2n) is 2.85. The molecule has 0 bridgehead atoms. The molecule has 3 heteroatoms. The van der Waals surface area contributed by atoms with Crippen LogP contribution >= 0.6 is 0 Å². The van der Waals surface area contributed by atoms with E-state index < -0.39 is 0 Å². The van der Waals surface area contributed by atoms with E-state index in [1.165, 1.54) is 5.56 Å². The second-order valence-corrected chi connectivity index (χ2v) is 2.85. The monoisotopic (exact) mass is 158 g/mol. The quantitative estimate of drug-likeness (QED) is 0.588. The molecule has 0 aliphatic heterocycles. The third-order valence-corrected chi connectivity index (χ3v) is 1.87. The minimum absolute atomic E-state index is 0.496. The van der Waals surface area contributed by atoms with Gasteiger partial charge in [0.05, 0.1) is 11.5 Å². The number of benzene rings is 1. The highest BCUT2D eigenvalue weighted by Crippen LogP contribution is 2.21. The summed E-state index contributed by atoms with van der Waals surface area (Å²) >= 11 is 0. The van der Waals surface area contributed by atoms with E-state index in [-0.39, 0.29) is 0 Å². The molecule has 0 aliphatic carbocycles. The normalized spacial score (nSPS) is 10.0. The summed E-state index contributed by atoms with van der Waals surface area (Å²) in [5.41, 5.74) is 2.19. The largest absolute Gasteiger partial charge is 0.423 e. The maximum atomic E-state index is 8.50. The fourth-order valence-corrected chi connectivity index (χ4v) is 1.29. The van der Waals surface area contributed by atoms with Crippen molar-refractivity contribution >= 4 is 16.7 Å². The zero-order valence-corrected chi connectivity index (χ0v) is 6.70. The number of H-pyrrole nitrogens is 1. The molecule has 2 aromatic rings. The average Bonchev–Trinajstić information content (AvgIpc) is 2.46. The zero-order valence-electron chi connectivity index (χ0n) is 6.70. The fraction of sp³-hybridized carbons (Fsp3) is 0.111. The standard InChI is InChI=1S/C9H8N3/c1-6-2-3-8-7(4-6)5-9(11-8)12-10/h2-5,11H,1H3/q+1. The highest BCUT2D eigenvalue weighted by molar-refractivity contribution is 5.84. The number of hydrogen-bond acceptors (Lipinski definition) is 1. The molecule has 0 saturated carbocycles. The van der Waals surface area contributed by atoms with Crippen LogP contribution in [-0.4, -0.2) is 4.98 Å². The third-order valence-electron chi connectivity index (χ3n) is 1.87. The summed E-state index contributed by atoms with van der Waals surface area (Å²) in [7, 11) is 0. The highest BCUT2D eigenvalue weighted by Gasteiger charge is 2.07. The molecule has 0 radical (unpaired) electrons. The number of aromatic nitrogens is 1. The molecule has 1 heterocycles. The highest BCUT2D eigenvalue weighted by atomic mass is 15.0. The van der Waals surface area contributed by atoms with Gasteiger partial charge in [-0.05, 0) is 19.1 Å². The summed E-state index contributed by atoms with van der Waals surface area (Å²) < 4.78 is 0. The van der Waals surface area contributed by atoms with Crippen LogP contribution in [0.1, 0.15) is 5.56 Å². The Kier molecular flexibility index (Phi) is 1.34. The molecule has 2 rings (SSSR count). The average molecular weight is 158 g/mol. The molecule has 0 amide bonds. The van der Waals surface area contributed by atoms with Crippen molar-refractivity contribution < 1.29 is 0 Å². The Balaban J connectivity index is 2.77. The van der Waals surface area contributed by atoms with Crippen molar-refractivity contribution in [1.29, 1.82) is 5.39 Å². The number of aromatic amines is 1. The summed E-state index contributed by atoms with van der Waals surface area (Å²) in [6.45, 7) is 2.03. The molecule has 3 nitrogen and oxygen atoms in total. The Morgan fingerprint density at radius 1 is 1.33 bits per heavy atom. The van der Waals surface area contributed by atoms with Crippen molar-refractivity contribution in [3.63, 3.8) is 0 Å². The summed E-state index contributed by atoms with van der Waals surface area (Å²) in [6, 6.07) is 7.84. The van der Waals surface area contributed by atoms with Crippen LogP contribution in [0.5, 0.6) is 0 Å². The van der Waals surface area contributed by atoms with Crippen LogP contribution in [-0.2, 0) is 0 Å². The molecule has 0 unspecified atom stereocenters. The van der Waals surface area contributed by atoms with Gasteiger partial charge in [-0.25, -0.2) is 4.98 Å². The van der Waals surface area contributed by atoms with E-state index >= 15 is 0 Å². The number of diazo groups is 1. The molecule has 1 N–H and O–H groups in total. The second kappa shape index (κ2) is 2.35. The lowest BCUT2D eigenvalue weighted by Gasteiger charge is -1.87. The van der Waals surface area contributed by atoms with E-state index in [1.807, 2.05) is 31.2 Å². The van der Waals surface area contributed by atoms with Crippen molar-refractivity contribution in [3.05, 3.63) is 34.8 Å². The fourth-order valence-electron chi connectivity index (χ4n) is 1.29. The van der Waals surface area contributed by atoms with Crippen molar-refractivity contribution in [3.8, 4) is 0 Å². The Hall–Kier alpha value is -1.82. The van der Waals surface area contributed by atoms with Gasteiger partial charge in [0.2, 0.25) is 0 Å². The minimum Gasteiger partial charge on any atom is -0.223 e. The van der Waals surface area contributed by atoms with Crippen LogP contribution in [0.3, 0.4) is 0 Å². The lowest BCUT2D eigenvalue weighted by Crippen LogP contribution is -1.69. The van der Waals surface area contributed by atoms with Crippen molar-refractivity contribution in [2.75, 3.05) is 0 Å². The smallest absolute Gasteiger partial charge is 0.223 e. The summed E-state index contributed by atoms with van der Waals surface area (Å²) in [4.78, 5) is 6.04. The van der Waals surface area contributed by atoms with Crippen LogP contribution in [0.25, 0.3) is 15.9 Å². The maximum Gasteiger partial charge on any atom is 0.423 e. The zero-order chi connectivity index (χ0) is 8.55. The van der Waals surface area contributed by atoms with Gasteiger partial charge < -0.3 is 0 Å². The first kappa shape index (κ1) is 6.86. The topological polar surface area (TPSA) is 43.9 Å². The van der Waals surface area contributed by atoms with E-state index in [9.17, 15) is 0 Å². The Morgan fingerprint density at radius 3 is 2.92 bits per heavy atom. The van der Waals surface area contributed by atoms with Crippen LogP contribution in [0, 0.1) is 12.3 Å². The van der Waals surface area contributed by atoms with E-state index in [4.69, 9.17) is 5.39 Å². The Morgan fingerprint density at radius 2 is 2.17 bits per heavy atom. The van der Waals surface area contributed by atoms with Crippen molar-refractivity contribution in [2.45, 2.75) is 6.92 Å². The van der Waals surface area contributed by atoms with Crippen LogP contribution in [0.4, 0.5) is 5.82 Å². The number of aryl methyl sites for hydroxylation is 1. The SMILES string of the molecule is Cc1ccc2[nH]c([N+]#N)cc2c1. The van der Waals surface area contributed by atoms with Gasteiger partial charge in [0.1, 0.15) is 5.52 Å². The molecule has 1 aromatic carbocycles. The molecule has 0 fully saturated rings. The number of hydrogen-bond donors (Lipinski definition) is 1.